The van der Waals surface area contributed by atoms with Gasteiger partial charge in [-0.25, -0.2) is 4.79 Å². The Labute approximate surface area is 364 Å². The van der Waals surface area contributed by atoms with Crippen LogP contribution in [0.1, 0.15) is 121 Å². The Balaban J connectivity index is 1.18. The molecule has 6 aliphatic rings. The molecule has 5 saturated carbocycles. The van der Waals surface area contributed by atoms with Gasteiger partial charge in [0.05, 0.1) is 24.4 Å². The van der Waals surface area contributed by atoms with Gasteiger partial charge in [0.25, 0.3) is 0 Å². The van der Waals surface area contributed by atoms with Gasteiger partial charge in [-0.2, -0.15) is 0 Å². The number of benzene rings is 1. The van der Waals surface area contributed by atoms with Crippen LogP contribution in [-0.4, -0.2) is 123 Å². The lowest BCUT2D eigenvalue weighted by Crippen LogP contribution is -2.81. The third kappa shape index (κ3) is 7.67. The second-order valence-corrected chi connectivity index (χ2v) is 19.2. The minimum Gasteiger partial charge on any atom is -0.455 e. The molecule has 0 amide bonds. The van der Waals surface area contributed by atoms with Crippen molar-refractivity contribution in [2.75, 3.05) is 48.1 Å². The number of allylic oxidation sites excluding steroid dienone is 4. The number of unbranched alkanes of at least 4 members (excludes halogenated alkanes) is 8. The van der Waals surface area contributed by atoms with Gasteiger partial charge in [0.1, 0.15) is 23.9 Å². The van der Waals surface area contributed by atoms with E-state index in [1.165, 1.54) is 26.4 Å². The molecule has 11 nitrogen and oxygen atoms in total. The number of likely N-dealkylation sites (tertiary alicyclic amines) is 1. The van der Waals surface area contributed by atoms with Crippen molar-refractivity contribution in [2.24, 2.45) is 34.5 Å². The molecule has 0 radical (unpaired) electrons. The molecular formula is C50H75NO10. The zero-order chi connectivity index (χ0) is 43.4. The molecule has 340 valence electrons. The molecule has 1 spiro atoms. The first-order chi connectivity index (χ1) is 29.6. The standard InChI is InChI=1S/C50H75NO10/c1-7-9-10-11-12-13-14-15-16-17-18-19-20-21-25-28-37(52)61-50-38-35(31-48(55,45(59-6)43(50)53)44(38)60-46(54)34-26-23-22-24-27-34)49-36(57-4)29-30-47(33-56-3)32-51(8-2)42(49)39(50)40(58-5)41(47)49/h12-13,15-16,22-24,26-27,35-36,38-45,53,55H,7-11,14,17-21,25,28-33H2,1-6H3/b13-12-,16-15-/t35-,36+,38-,39+,40+,41-,42-,43+,44-,45+,47+,48-,49?,50-/m1/s1. The smallest absolute Gasteiger partial charge is 0.338 e. The Morgan fingerprint density at radius 1 is 0.852 bits per heavy atom. The topological polar surface area (TPSA) is 133 Å². The Kier molecular flexibility index (Phi) is 14.9. The van der Waals surface area contributed by atoms with Crippen molar-refractivity contribution in [1.82, 2.24) is 4.90 Å². The van der Waals surface area contributed by atoms with Crippen molar-refractivity contribution < 1.29 is 48.2 Å². The van der Waals surface area contributed by atoms with E-state index in [2.05, 4.69) is 43.1 Å². The molecule has 1 aromatic carbocycles. The van der Waals surface area contributed by atoms with E-state index in [-0.39, 0.29) is 36.3 Å². The number of aliphatic hydroxyl groups is 2. The summed E-state index contributed by atoms with van der Waals surface area (Å²) in [5.41, 5.74) is -4.00. The fourth-order valence-electron chi connectivity index (χ4n) is 14.4. The SMILES string of the molecule is CCCCC/C=C\C/C=C\CCCCCCCC(=O)O[C@@]12[C@@H]3[C@@H](C[C@@](O)([C@@H]3OC(=O)c3ccccc3)[C@@H](OC)[C@@H]1O)C13[C@@H](OC)CC[C@@]4(COC)CN(CC)[C@@H]1[C@@H]2[C@H](OC)[C@@H]34. The number of hydrogen-bond donors (Lipinski definition) is 2. The predicted molar refractivity (Wildman–Crippen MR) is 233 cm³/mol. The van der Waals surface area contributed by atoms with Crippen molar-refractivity contribution in [3.05, 3.63) is 60.2 Å². The zero-order valence-corrected chi connectivity index (χ0v) is 37.8. The van der Waals surface area contributed by atoms with E-state index in [9.17, 15) is 19.8 Å². The molecule has 1 heterocycles. The zero-order valence-electron chi connectivity index (χ0n) is 37.8. The van der Waals surface area contributed by atoms with Gasteiger partial charge in [-0.05, 0) is 82.4 Å². The molecule has 7 bridgehead atoms. The number of methoxy groups -OCH3 is 4. The van der Waals surface area contributed by atoms with Crippen molar-refractivity contribution in [3.63, 3.8) is 0 Å². The molecule has 14 atom stereocenters. The Hall–Kier alpha value is -2.64. The fourth-order valence-corrected chi connectivity index (χ4v) is 14.4. The maximum absolute atomic E-state index is 14.6. The number of nitrogens with zero attached hydrogens (tertiary/aromatic N) is 1. The first kappa shape index (κ1) is 46.4. The quantitative estimate of drug-likeness (QED) is 0.0646. The normalized spacial score (nSPS) is 39.6. The molecular weight excluding hydrogens is 775 g/mol. The lowest BCUT2D eigenvalue weighted by molar-refractivity contribution is -0.318. The van der Waals surface area contributed by atoms with E-state index in [0.29, 0.717) is 25.1 Å². The highest BCUT2D eigenvalue weighted by atomic mass is 16.6. The molecule has 1 aliphatic heterocycles. The molecule has 5 aliphatic carbocycles. The van der Waals surface area contributed by atoms with E-state index in [4.69, 9.17) is 28.4 Å². The van der Waals surface area contributed by atoms with Crippen molar-refractivity contribution >= 4 is 11.9 Å². The van der Waals surface area contributed by atoms with Gasteiger partial charge >= 0.3 is 11.9 Å². The maximum atomic E-state index is 14.6. The third-order valence-electron chi connectivity index (χ3n) is 16.3. The van der Waals surface area contributed by atoms with E-state index in [0.717, 1.165) is 64.3 Å². The fraction of sp³-hybridized carbons (Fsp3) is 0.760. The van der Waals surface area contributed by atoms with Crippen LogP contribution in [0.3, 0.4) is 0 Å². The summed E-state index contributed by atoms with van der Waals surface area (Å²) < 4.78 is 39.0. The lowest BCUT2D eigenvalue weighted by atomic mass is 9.43. The second-order valence-electron chi connectivity index (χ2n) is 19.2. The summed E-state index contributed by atoms with van der Waals surface area (Å²) in [5, 5.41) is 26.1. The molecule has 0 aromatic heterocycles. The van der Waals surface area contributed by atoms with Crippen LogP contribution < -0.4 is 0 Å². The van der Waals surface area contributed by atoms with Crippen LogP contribution in [0.15, 0.2) is 54.6 Å². The molecule has 1 unspecified atom stereocenters. The summed E-state index contributed by atoms with van der Waals surface area (Å²) in [4.78, 5) is 31.1. The highest BCUT2D eigenvalue weighted by Gasteiger charge is 2.91. The minimum absolute atomic E-state index is 0.115. The average molecular weight is 850 g/mol. The lowest BCUT2D eigenvalue weighted by Gasteiger charge is -2.69. The first-order valence-electron chi connectivity index (χ1n) is 23.6. The van der Waals surface area contributed by atoms with Gasteiger partial charge in [-0.15, -0.1) is 0 Å². The van der Waals surface area contributed by atoms with Crippen LogP contribution in [0.2, 0.25) is 0 Å². The molecule has 1 aromatic rings. The van der Waals surface area contributed by atoms with Crippen LogP contribution in [0.25, 0.3) is 0 Å². The minimum atomic E-state index is -1.78. The van der Waals surface area contributed by atoms with Crippen LogP contribution in [-0.2, 0) is 33.2 Å². The predicted octanol–water partition coefficient (Wildman–Crippen LogP) is 7.47. The summed E-state index contributed by atoms with van der Waals surface area (Å²) in [7, 11) is 6.71. The van der Waals surface area contributed by atoms with Gasteiger partial charge in [-0.3, -0.25) is 9.69 Å². The summed E-state index contributed by atoms with van der Waals surface area (Å²) in [5.74, 6) is -2.83. The number of fused-ring (bicyclic) bond motifs is 2. The number of piperidine rings is 1. The third-order valence-corrected chi connectivity index (χ3v) is 16.3. The van der Waals surface area contributed by atoms with E-state index < -0.39 is 70.7 Å². The van der Waals surface area contributed by atoms with Gasteiger partial charge < -0.3 is 38.6 Å². The van der Waals surface area contributed by atoms with E-state index in [1.54, 1.807) is 45.6 Å². The van der Waals surface area contributed by atoms with Crippen molar-refractivity contribution in [2.45, 2.75) is 158 Å². The molecule has 1 saturated heterocycles. The highest BCUT2D eigenvalue weighted by molar-refractivity contribution is 5.89. The Morgan fingerprint density at radius 2 is 1.56 bits per heavy atom. The number of esters is 2. The molecule has 6 fully saturated rings. The number of carbonyl (C=O) groups excluding carboxylic acids is 2. The summed E-state index contributed by atoms with van der Waals surface area (Å²) in [6.45, 7) is 6.36. The number of carbonyl (C=O) groups is 2. The summed E-state index contributed by atoms with van der Waals surface area (Å²) in [6, 6.07) is 8.53. The summed E-state index contributed by atoms with van der Waals surface area (Å²) >= 11 is 0. The molecule has 7 rings (SSSR count). The summed E-state index contributed by atoms with van der Waals surface area (Å²) in [6.07, 6.45) is 18.3. The van der Waals surface area contributed by atoms with Crippen molar-refractivity contribution in [3.8, 4) is 0 Å². The van der Waals surface area contributed by atoms with Crippen molar-refractivity contribution in [1.29, 1.82) is 0 Å². The largest absolute Gasteiger partial charge is 0.455 e. The van der Waals surface area contributed by atoms with Gasteiger partial charge in [0.15, 0.2) is 5.60 Å². The number of rotatable bonds is 23. The second kappa shape index (κ2) is 19.6. The van der Waals surface area contributed by atoms with Crippen LogP contribution in [0.4, 0.5) is 0 Å². The Bertz CT molecular complexity index is 1690. The molecule has 61 heavy (non-hydrogen) atoms. The monoisotopic (exact) mass is 850 g/mol. The van der Waals surface area contributed by atoms with Gasteiger partial charge in [0, 0.05) is 76.0 Å². The first-order valence-corrected chi connectivity index (χ1v) is 23.6. The average Bonchev–Trinajstić information content (AvgIpc) is 3.64. The number of aliphatic hydroxyl groups excluding tert-OH is 1. The molecule has 2 N–H and O–H groups in total. The van der Waals surface area contributed by atoms with Gasteiger partial charge in [0.2, 0.25) is 0 Å². The van der Waals surface area contributed by atoms with Gasteiger partial charge in [-0.1, -0.05) is 88.5 Å². The molecule has 11 heteroatoms. The van der Waals surface area contributed by atoms with Crippen LogP contribution in [0, 0.1) is 34.5 Å². The Morgan fingerprint density at radius 3 is 2.21 bits per heavy atom. The highest BCUT2D eigenvalue weighted by Crippen LogP contribution is 2.80. The van der Waals surface area contributed by atoms with Crippen LogP contribution in [0.5, 0.6) is 0 Å². The van der Waals surface area contributed by atoms with Crippen LogP contribution >= 0.6 is 0 Å². The number of ether oxygens (including phenoxy) is 6. The maximum Gasteiger partial charge on any atom is 0.338 e. The number of hydrogen-bond acceptors (Lipinski definition) is 11. The van der Waals surface area contributed by atoms with E-state index >= 15 is 0 Å². The van der Waals surface area contributed by atoms with E-state index in [1.807, 2.05) is 6.07 Å².